The van der Waals surface area contributed by atoms with Crippen LogP contribution in [0.5, 0.6) is 0 Å². The molecule has 0 aromatic carbocycles. The zero-order valence-electron chi connectivity index (χ0n) is 17.7. The topological polar surface area (TPSA) is 164 Å². The maximum absolute atomic E-state index is 12.2. The van der Waals surface area contributed by atoms with Crippen molar-refractivity contribution in [2.24, 2.45) is 0 Å². The fraction of sp³-hybridized carbons (Fsp3) is 0.722. The van der Waals surface area contributed by atoms with Crippen molar-refractivity contribution in [3.63, 3.8) is 0 Å². The van der Waals surface area contributed by atoms with Gasteiger partial charge >= 0.3 is 23.9 Å². The van der Waals surface area contributed by atoms with Crippen LogP contribution in [0.4, 0.5) is 0 Å². The Morgan fingerprint density at radius 2 is 1.68 bits per heavy atom. The number of hydrogen-bond acceptors (Lipinski definition) is 11. The van der Waals surface area contributed by atoms with Crippen molar-refractivity contribution in [2.75, 3.05) is 13.7 Å². The third-order valence-electron chi connectivity index (χ3n) is 4.18. The molecule has 0 aromatic rings. The largest absolute Gasteiger partial charge is 0.466 e. The van der Waals surface area contributed by atoms with E-state index in [1.807, 2.05) is 0 Å². The number of nitrogens with one attached hydrogen (secondary N) is 1. The molecule has 2 N–H and O–H groups in total. The van der Waals surface area contributed by atoms with Gasteiger partial charge in [-0.3, -0.25) is 19.2 Å². The maximum Gasteiger partial charge on any atom is 0.354 e. The number of carbonyl (C=O) groups is 5. The van der Waals surface area contributed by atoms with Gasteiger partial charge in [-0.1, -0.05) is 11.6 Å². The molecular formula is C18H26ClNO11. The van der Waals surface area contributed by atoms with Gasteiger partial charge in [-0.2, -0.15) is 0 Å². The van der Waals surface area contributed by atoms with Gasteiger partial charge in [0.2, 0.25) is 11.0 Å². The van der Waals surface area contributed by atoms with Gasteiger partial charge < -0.3 is 34.1 Å². The van der Waals surface area contributed by atoms with Crippen molar-refractivity contribution >= 4 is 41.4 Å². The van der Waals surface area contributed by atoms with Gasteiger partial charge in [0, 0.05) is 34.1 Å². The van der Waals surface area contributed by atoms with Crippen LogP contribution < -0.4 is 5.32 Å². The maximum atomic E-state index is 12.2. The Bertz CT molecular complexity index is 715. The summed E-state index contributed by atoms with van der Waals surface area (Å²) in [5.74, 6) is -4.02. The number of amides is 1. The molecule has 0 saturated carbocycles. The quantitative estimate of drug-likeness (QED) is 0.260. The third-order valence-corrected chi connectivity index (χ3v) is 4.58. The van der Waals surface area contributed by atoms with Gasteiger partial charge in [-0.15, -0.1) is 0 Å². The predicted molar refractivity (Wildman–Crippen MR) is 101 cm³/mol. The second-order valence-electron chi connectivity index (χ2n) is 6.82. The van der Waals surface area contributed by atoms with Crippen molar-refractivity contribution in [1.29, 1.82) is 0 Å². The Kier molecular flexibility index (Phi) is 9.66. The molecule has 1 unspecified atom stereocenters. The molecule has 0 aromatic heterocycles. The summed E-state index contributed by atoms with van der Waals surface area (Å²) in [6, 6.07) is -1.24. The Labute approximate surface area is 183 Å². The molecule has 6 atom stereocenters. The summed E-state index contributed by atoms with van der Waals surface area (Å²) in [4.78, 5) is 58.5. The number of carbonyl (C=O) groups excluding carboxylic acids is 5. The van der Waals surface area contributed by atoms with Crippen molar-refractivity contribution in [3.05, 3.63) is 0 Å². The molecule has 0 radical (unpaired) electrons. The minimum atomic E-state index is -2.20. The Balaban J connectivity index is 3.47. The molecule has 1 rings (SSSR count). The lowest BCUT2D eigenvalue weighted by molar-refractivity contribution is -0.222. The number of methoxy groups -OCH3 is 1. The van der Waals surface area contributed by atoms with Gasteiger partial charge in [0.15, 0.2) is 12.2 Å². The molecular weight excluding hydrogens is 442 g/mol. The van der Waals surface area contributed by atoms with Crippen LogP contribution in [0.15, 0.2) is 0 Å². The fourth-order valence-corrected chi connectivity index (χ4v) is 3.41. The highest BCUT2D eigenvalue weighted by Gasteiger charge is 2.56. The second kappa shape index (κ2) is 11.3. The molecule has 31 heavy (non-hydrogen) atoms. The van der Waals surface area contributed by atoms with E-state index in [2.05, 4.69) is 10.1 Å². The number of esters is 4. The average molecular weight is 468 g/mol. The van der Waals surface area contributed by atoms with Gasteiger partial charge in [0.1, 0.15) is 12.7 Å². The number of aliphatic hydroxyl groups excluding tert-OH is 1. The minimum Gasteiger partial charge on any atom is -0.466 e. The number of alkyl halides is 1. The Morgan fingerprint density at radius 1 is 1.10 bits per heavy atom. The smallest absolute Gasteiger partial charge is 0.354 e. The van der Waals surface area contributed by atoms with Gasteiger partial charge in [-0.25, -0.2) is 4.79 Å². The van der Waals surface area contributed by atoms with Crippen LogP contribution in [0.25, 0.3) is 0 Å². The van der Waals surface area contributed by atoms with Crippen LogP contribution >= 0.6 is 11.6 Å². The van der Waals surface area contributed by atoms with E-state index in [0.29, 0.717) is 0 Å². The number of rotatable bonds is 8. The first kappa shape index (κ1) is 26.6. The second-order valence-corrected chi connectivity index (χ2v) is 7.44. The lowest BCUT2D eigenvalue weighted by Gasteiger charge is -2.46. The number of halogens is 1. The van der Waals surface area contributed by atoms with Gasteiger partial charge in [-0.05, 0) is 0 Å². The van der Waals surface area contributed by atoms with Crippen LogP contribution in [0.2, 0.25) is 0 Å². The van der Waals surface area contributed by atoms with Gasteiger partial charge in [0.25, 0.3) is 0 Å². The Morgan fingerprint density at radius 3 is 2.13 bits per heavy atom. The third kappa shape index (κ3) is 7.64. The van der Waals surface area contributed by atoms with Crippen LogP contribution in [0, 0.1) is 0 Å². The number of hydrogen-bond donors (Lipinski definition) is 2. The highest BCUT2D eigenvalue weighted by Crippen LogP contribution is 2.37. The highest BCUT2D eigenvalue weighted by atomic mass is 35.5. The first-order valence-corrected chi connectivity index (χ1v) is 9.56. The van der Waals surface area contributed by atoms with Crippen LogP contribution in [0.1, 0.15) is 34.1 Å². The molecule has 12 nitrogen and oxygen atoms in total. The van der Waals surface area contributed by atoms with E-state index in [-0.39, 0.29) is 0 Å². The fourth-order valence-electron chi connectivity index (χ4n) is 3.08. The molecule has 176 valence electrons. The molecule has 13 heteroatoms. The molecule has 0 bridgehead atoms. The summed E-state index contributed by atoms with van der Waals surface area (Å²) in [6.45, 7) is 3.82. The van der Waals surface area contributed by atoms with Crippen molar-refractivity contribution in [2.45, 2.75) is 69.6 Å². The summed E-state index contributed by atoms with van der Waals surface area (Å²) >= 11 is 6.23. The first-order valence-electron chi connectivity index (χ1n) is 9.18. The monoisotopic (exact) mass is 467 g/mol. The molecule has 1 amide bonds. The highest BCUT2D eigenvalue weighted by molar-refractivity contribution is 6.32. The van der Waals surface area contributed by atoms with E-state index in [1.165, 1.54) is 0 Å². The van der Waals surface area contributed by atoms with E-state index in [9.17, 15) is 29.1 Å². The minimum absolute atomic E-state index is 0.475. The van der Waals surface area contributed by atoms with Crippen molar-refractivity contribution < 1.29 is 52.8 Å². The summed E-state index contributed by atoms with van der Waals surface area (Å²) in [5, 5.41) is 10.9. The summed E-state index contributed by atoms with van der Waals surface area (Å²) in [6.07, 6.45) is -6.40. The SMILES string of the molecule is COC(=O)[C@]1(Cl)C[C@H](O)[C@@H](NC(C)=O)C([C@H](OC(C)=O)[C@@H](COC(C)=O)OC(C)=O)O1. The summed E-state index contributed by atoms with van der Waals surface area (Å²) < 4.78 is 25.5. The Hall–Kier alpha value is -2.44. The van der Waals surface area contributed by atoms with E-state index in [0.717, 1.165) is 34.8 Å². The molecule has 0 aliphatic carbocycles. The lowest BCUT2D eigenvalue weighted by atomic mass is 9.89. The van der Waals surface area contributed by atoms with Crippen molar-refractivity contribution in [3.8, 4) is 0 Å². The number of ether oxygens (including phenoxy) is 5. The van der Waals surface area contributed by atoms with Gasteiger partial charge in [0.05, 0.1) is 19.3 Å². The predicted octanol–water partition coefficient (Wildman–Crippen LogP) is -0.824. The molecule has 1 saturated heterocycles. The first-order chi connectivity index (χ1) is 14.3. The molecule has 1 aliphatic rings. The molecule has 1 aliphatic heterocycles. The zero-order valence-corrected chi connectivity index (χ0v) is 18.5. The molecule has 0 spiro atoms. The number of aliphatic hydroxyl groups is 1. The van der Waals surface area contributed by atoms with Crippen LogP contribution in [0.3, 0.4) is 0 Å². The van der Waals surface area contributed by atoms with E-state index in [4.69, 9.17) is 30.5 Å². The van der Waals surface area contributed by atoms with E-state index >= 15 is 0 Å². The summed E-state index contributed by atoms with van der Waals surface area (Å²) in [7, 11) is 1.04. The van der Waals surface area contributed by atoms with E-state index < -0.39 is 78.3 Å². The zero-order chi connectivity index (χ0) is 23.9. The molecule has 1 heterocycles. The lowest BCUT2D eigenvalue weighted by Crippen LogP contribution is -2.66. The normalized spacial score (nSPS) is 27.3. The van der Waals surface area contributed by atoms with Crippen LogP contribution in [-0.2, 0) is 47.7 Å². The van der Waals surface area contributed by atoms with Crippen LogP contribution in [-0.4, -0.2) is 84.1 Å². The molecule has 1 fully saturated rings. The standard InChI is InChI=1S/C18H26ClNO11/c1-8(21)20-14-12(25)6-18(19,17(26)27-5)31-16(14)15(30-11(4)24)13(29-10(3)23)7-28-9(2)22/h12-16,25H,6-7H2,1-5H3,(H,20,21)/t12-,13+,14+,15+,16?,18-/m0/s1. The van der Waals surface area contributed by atoms with Crippen molar-refractivity contribution in [1.82, 2.24) is 5.32 Å². The van der Waals surface area contributed by atoms with E-state index in [1.54, 1.807) is 0 Å². The summed E-state index contributed by atoms with van der Waals surface area (Å²) in [5.41, 5.74) is 0. The average Bonchev–Trinajstić information content (AvgIpc) is 2.64.